The lowest BCUT2D eigenvalue weighted by molar-refractivity contribution is 0.0940. The number of hydrogen-bond acceptors (Lipinski definition) is 8. The van der Waals surface area contributed by atoms with Gasteiger partial charge < -0.3 is 21.5 Å². The van der Waals surface area contributed by atoms with E-state index in [4.69, 9.17) is 5.73 Å². The zero-order valence-electron chi connectivity index (χ0n) is 19.9. The third-order valence-corrected chi connectivity index (χ3v) is 5.72. The molecule has 0 radical (unpaired) electrons. The quantitative estimate of drug-likeness (QED) is 0.288. The predicted octanol–water partition coefficient (Wildman–Crippen LogP) is 3.73. The van der Waals surface area contributed by atoms with Gasteiger partial charge >= 0.3 is 0 Å². The van der Waals surface area contributed by atoms with Crippen LogP contribution in [0.5, 0.6) is 0 Å². The number of aromatic nitrogens is 3. The lowest BCUT2D eigenvalue weighted by atomic mass is 10.1. The van der Waals surface area contributed by atoms with Crippen molar-refractivity contribution in [2.45, 2.75) is 26.1 Å². The summed E-state index contributed by atoms with van der Waals surface area (Å²) in [5, 5.41) is 24.7. The van der Waals surface area contributed by atoms with Crippen LogP contribution in [0.4, 0.5) is 16.0 Å². The summed E-state index contributed by atoms with van der Waals surface area (Å²) in [5.41, 5.74) is 9.53. The Balaban J connectivity index is 1.48. The van der Waals surface area contributed by atoms with E-state index in [2.05, 4.69) is 25.6 Å². The van der Waals surface area contributed by atoms with Crippen molar-refractivity contribution in [3.63, 3.8) is 0 Å². The molecule has 1 amide bonds. The number of pyridine rings is 1. The highest BCUT2D eigenvalue weighted by Gasteiger charge is 2.17. The molecule has 9 nitrogen and oxygen atoms in total. The highest BCUT2D eigenvalue weighted by molar-refractivity contribution is 5.99. The summed E-state index contributed by atoms with van der Waals surface area (Å²) in [6, 6.07) is 16.5. The number of nitriles is 1. The van der Waals surface area contributed by atoms with Crippen LogP contribution in [0.1, 0.15) is 45.7 Å². The number of carbonyl (C=O) groups excluding carboxylic acids is 1. The summed E-state index contributed by atoms with van der Waals surface area (Å²) >= 11 is 0. The molecule has 0 aliphatic heterocycles. The van der Waals surface area contributed by atoms with Gasteiger partial charge in [0, 0.05) is 18.3 Å². The molecule has 37 heavy (non-hydrogen) atoms. The molecule has 4 aromatic rings. The lowest BCUT2D eigenvalue weighted by Crippen LogP contribution is -2.28. The van der Waals surface area contributed by atoms with E-state index in [1.54, 1.807) is 25.3 Å². The minimum atomic E-state index is -0.416. The Morgan fingerprint density at radius 2 is 1.86 bits per heavy atom. The summed E-state index contributed by atoms with van der Waals surface area (Å²) in [5.74, 6) is -0.261. The third-order valence-electron chi connectivity index (χ3n) is 5.72. The largest absolute Gasteiger partial charge is 0.390 e. The molecule has 10 heteroatoms. The van der Waals surface area contributed by atoms with Gasteiger partial charge in [-0.1, -0.05) is 36.4 Å². The van der Waals surface area contributed by atoms with Crippen LogP contribution in [0, 0.1) is 17.1 Å². The number of aliphatic hydroxyl groups is 1. The molecule has 0 saturated carbocycles. The van der Waals surface area contributed by atoms with Gasteiger partial charge in [-0.2, -0.15) is 5.26 Å². The predicted molar refractivity (Wildman–Crippen MR) is 136 cm³/mol. The number of nitrogens with one attached hydrogen (secondary N) is 2. The maximum absolute atomic E-state index is 13.2. The molecule has 186 valence electrons. The summed E-state index contributed by atoms with van der Waals surface area (Å²) in [4.78, 5) is 25.7. The average Bonchev–Trinajstić information content (AvgIpc) is 2.92. The van der Waals surface area contributed by atoms with Crippen LogP contribution in [0.2, 0.25) is 0 Å². The zero-order chi connectivity index (χ0) is 26.4. The first-order valence-corrected chi connectivity index (χ1v) is 11.4. The topological polar surface area (TPSA) is 150 Å². The number of carbonyl (C=O) groups is 1. The third kappa shape index (κ3) is 6.04. The molecule has 2 heterocycles. The fraction of sp³-hybridized carbons (Fsp3) is 0.148. The Morgan fingerprint density at radius 3 is 2.54 bits per heavy atom. The molecule has 5 N–H and O–H groups in total. The highest BCUT2D eigenvalue weighted by atomic mass is 19.1. The van der Waals surface area contributed by atoms with Crippen molar-refractivity contribution < 1.29 is 14.3 Å². The van der Waals surface area contributed by atoms with Crippen LogP contribution < -0.4 is 16.4 Å². The van der Waals surface area contributed by atoms with E-state index in [0.717, 1.165) is 16.7 Å². The van der Waals surface area contributed by atoms with Gasteiger partial charge in [0.15, 0.2) is 0 Å². The van der Waals surface area contributed by atoms with Crippen molar-refractivity contribution in [3.8, 4) is 17.3 Å². The average molecular weight is 498 g/mol. The van der Waals surface area contributed by atoms with E-state index in [0.29, 0.717) is 23.8 Å². The van der Waals surface area contributed by atoms with E-state index < -0.39 is 5.91 Å². The number of rotatable bonds is 8. The van der Waals surface area contributed by atoms with E-state index in [1.165, 1.54) is 24.4 Å². The fourth-order valence-electron chi connectivity index (χ4n) is 3.62. The van der Waals surface area contributed by atoms with Crippen molar-refractivity contribution in [1.82, 2.24) is 20.3 Å². The van der Waals surface area contributed by atoms with Crippen LogP contribution in [0.15, 0.2) is 67.0 Å². The van der Waals surface area contributed by atoms with Gasteiger partial charge in [-0.15, -0.1) is 0 Å². The van der Waals surface area contributed by atoms with E-state index in [9.17, 15) is 19.6 Å². The maximum atomic E-state index is 13.2. The van der Waals surface area contributed by atoms with Gasteiger partial charge in [0.25, 0.3) is 5.91 Å². The first-order chi connectivity index (χ1) is 17.9. The molecule has 4 rings (SSSR count). The van der Waals surface area contributed by atoms with Crippen LogP contribution in [-0.2, 0) is 13.2 Å². The van der Waals surface area contributed by atoms with Crippen molar-refractivity contribution in [2.24, 2.45) is 0 Å². The second-order valence-corrected chi connectivity index (χ2v) is 8.27. The number of aliphatic hydroxyl groups excluding tert-OH is 1. The van der Waals surface area contributed by atoms with Gasteiger partial charge in [-0.25, -0.2) is 19.3 Å². The van der Waals surface area contributed by atoms with Gasteiger partial charge in [0.2, 0.25) is 0 Å². The van der Waals surface area contributed by atoms with E-state index in [1.807, 2.05) is 30.3 Å². The van der Waals surface area contributed by atoms with Crippen molar-refractivity contribution in [3.05, 3.63) is 101 Å². The summed E-state index contributed by atoms with van der Waals surface area (Å²) in [7, 11) is 0. The van der Waals surface area contributed by atoms with Gasteiger partial charge in [0.05, 0.1) is 35.7 Å². The molecule has 0 saturated heterocycles. The molecular formula is C27H24FN7O2. The zero-order valence-corrected chi connectivity index (χ0v) is 19.9. The number of nitrogen functional groups attached to an aromatic ring is 1. The van der Waals surface area contributed by atoms with E-state index in [-0.39, 0.29) is 35.4 Å². The summed E-state index contributed by atoms with van der Waals surface area (Å²) in [6.07, 6.45) is 2.93. The number of benzene rings is 2. The molecule has 2 aromatic carbocycles. The summed E-state index contributed by atoms with van der Waals surface area (Å²) in [6.45, 7) is 1.85. The van der Waals surface area contributed by atoms with Gasteiger partial charge in [-0.05, 0) is 36.2 Å². The number of hydrogen-bond donors (Lipinski definition) is 4. The van der Waals surface area contributed by atoms with Crippen molar-refractivity contribution in [1.29, 1.82) is 5.26 Å². The maximum Gasteiger partial charge on any atom is 0.255 e. The lowest BCUT2D eigenvalue weighted by Gasteiger charge is -2.16. The Morgan fingerprint density at radius 1 is 1.14 bits per heavy atom. The Labute approximate surface area is 212 Å². The molecule has 0 aliphatic rings. The Hall–Kier alpha value is -4.88. The van der Waals surface area contributed by atoms with Crippen LogP contribution >= 0.6 is 0 Å². The number of nitrogens with zero attached hydrogens (tertiary/aromatic N) is 4. The second-order valence-electron chi connectivity index (χ2n) is 8.27. The van der Waals surface area contributed by atoms with Gasteiger partial charge in [0.1, 0.15) is 29.2 Å². The SMILES string of the molecule is C[C@H](NC(=O)c1cc(C#N)cnc1NCc1ccc(-c2cnc(N)c(CO)n2)cc1)c1ccc(F)cc1. The molecular weight excluding hydrogens is 473 g/mol. The van der Waals surface area contributed by atoms with Gasteiger partial charge in [-0.3, -0.25) is 4.79 Å². The fourth-order valence-corrected chi connectivity index (χ4v) is 3.62. The molecule has 1 atom stereocenters. The molecule has 0 fully saturated rings. The van der Waals surface area contributed by atoms with Crippen molar-refractivity contribution in [2.75, 3.05) is 11.1 Å². The molecule has 0 spiro atoms. The standard InChI is InChI=1S/C27H24FN7O2/c1-16(19-6-8-21(28)9-7-19)34-27(37)22-10-18(11-29)13-33-26(22)32-12-17-2-4-20(5-3-17)23-14-31-25(30)24(15-36)35-23/h2-10,13-14,16,36H,12,15H2,1H3,(H2,30,31)(H,32,33)(H,34,37)/t16-/m0/s1. The number of nitrogens with two attached hydrogens (primary N) is 1. The second kappa shape index (κ2) is 11.2. The molecule has 0 aliphatic carbocycles. The minimum Gasteiger partial charge on any atom is -0.390 e. The van der Waals surface area contributed by atoms with Crippen LogP contribution in [0.25, 0.3) is 11.3 Å². The first kappa shape index (κ1) is 25.2. The minimum absolute atomic E-state index is 0.189. The first-order valence-electron chi connectivity index (χ1n) is 11.4. The number of halogens is 1. The Kier molecular flexibility index (Phi) is 7.66. The van der Waals surface area contributed by atoms with Crippen molar-refractivity contribution >= 4 is 17.5 Å². The monoisotopic (exact) mass is 497 g/mol. The molecule has 2 aromatic heterocycles. The number of anilines is 2. The highest BCUT2D eigenvalue weighted by Crippen LogP contribution is 2.21. The number of amides is 1. The summed E-state index contributed by atoms with van der Waals surface area (Å²) < 4.78 is 13.2. The molecule has 0 unspecified atom stereocenters. The smallest absolute Gasteiger partial charge is 0.255 e. The molecule has 0 bridgehead atoms. The van der Waals surface area contributed by atoms with Crippen LogP contribution in [-0.4, -0.2) is 26.0 Å². The van der Waals surface area contributed by atoms with E-state index >= 15 is 0 Å². The van der Waals surface area contributed by atoms with Crippen LogP contribution in [0.3, 0.4) is 0 Å². The normalized spacial score (nSPS) is 11.4. The Bertz CT molecular complexity index is 1450.